The van der Waals surface area contributed by atoms with Crippen molar-refractivity contribution in [1.29, 1.82) is 0 Å². The lowest BCUT2D eigenvalue weighted by Crippen LogP contribution is -2.35. The molecule has 1 heterocycles. The van der Waals surface area contributed by atoms with Crippen molar-refractivity contribution in [2.24, 2.45) is 0 Å². The summed E-state index contributed by atoms with van der Waals surface area (Å²) in [6, 6.07) is 6.12. The van der Waals surface area contributed by atoms with Crippen molar-refractivity contribution in [1.82, 2.24) is 0 Å². The maximum atomic E-state index is 13.1. The van der Waals surface area contributed by atoms with E-state index < -0.39 is 52.4 Å². The minimum absolute atomic E-state index is 0.00626. The van der Waals surface area contributed by atoms with Gasteiger partial charge in [0.25, 0.3) is 0 Å². The Morgan fingerprint density at radius 1 is 0.805 bits per heavy atom. The number of aliphatic hydroxyl groups is 2. The molecule has 3 aromatic rings. The molecule has 6 rings (SSSR count). The van der Waals surface area contributed by atoms with Gasteiger partial charge >= 0.3 is 5.97 Å². The number of aromatic hydroxyl groups is 2. The van der Waals surface area contributed by atoms with Gasteiger partial charge in [-0.3, -0.25) is 19.2 Å². The van der Waals surface area contributed by atoms with E-state index in [-0.39, 0.29) is 69.5 Å². The van der Waals surface area contributed by atoms with Gasteiger partial charge in [0.2, 0.25) is 5.78 Å². The summed E-state index contributed by atoms with van der Waals surface area (Å²) in [5.41, 5.74) is -2.59. The molecule has 0 spiro atoms. The largest absolute Gasteiger partial charge is 0.506 e. The van der Waals surface area contributed by atoms with Crippen molar-refractivity contribution in [2.45, 2.75) is 50.7 Å². The third kappa shape index (κ3) is 4.10. The van der Waals surface area contributed by atoms with Crippen molar-refractivity contribution in [3.05, 3.63) is 63.9 Å². The summed E-state index contributed by atoms with van der Waals surface area (Å²) in [5.74, 6) is -4.07. The molecule has 0 unspecified atom stereocenters. The van der Waals surface area contributed by atoms with E-state index in [9.17, 15) is 39.6 Å². The fraction of sp³-hybridized carbons (Fsp3) is 0.290. The summed E-state index contributed by atoms with van der Waals surface area (Å²) in [7, 11) is 1.24. The fourth-order valence-electron chi connectivity index (χ4n) is 6.23. The van der Waals surface area contributed by atoms with Gasteiger partial charge in [0.1, 0.15) is 17.2 Å². The molecule has 210 valence electrons. The van der Waals surface area contributed by atoms with Crippen molar-refractivity contribution in [2.75, 3.05) is 7.11 Å². The van der Waals surface area contributed by atoms with Crippen LogP contribution in [0.1, 0.15) is 68.9 Å². The van der Waals surface area contributed by atoms with Gasteiger partial charge in [0.15, 0.2) is 17.3 Å². The second-order valence-electron chi connectivity index (χ2n) is 11.5. The van der Waals surface area contributed by atoms with Crippen LogP contribution in [0.5, 0.6) is 17.2 Å². The summed E-state index contributed by atoms with van der Waals surface area (Å²) in [5, 5.41) is 45.1. The number of rotatable bonds is 1. The quantitative estimate of drug-likeness (QED) is 0.257. The smallest absolute Gasteiger partial charge is 0.314 e. The number of carbonyl (C=O) groups is 4. The number of Topliss-reactive ketones (excluding diaryl/α,β-unsaturated/α-hetero) is 2. The lowest BCUT2D eigenvalue weighted by molar-refractivity contribution is -0.138. The van der Waals surface area contributed by atoms with E-state index in [1.54, 1.807) is 12.1 Å². The Bertz CT molecular complexity index is 1790. The molecule has 10 nitrogen and oxygen atoms in total. The van der Waals surface area contributed by atoms with Crippen molar-refractivity contribution in [3.63, 3.8) is 0 Å². The maximum Gasteiger partial charge on any atom is 0.314 e. The van der Waals surface area contributed by atoms with Gasteiger partial charge in [0, 0.05) is 42.0 Å². The van der Waals surface area contributed by atoms with Crippen molar-refractivity contribution < 1.29 is 49.1 Å². The molecule has 1 aliphatic heterocycles. The molecule has 0 saturated heterocycles. The first-order valence-electron chi connectivity index (χ1n) is 13.0. The Kier molecular flexibility index (Phi) is 5.68. The van der Waals surface area contributed by atoms with E-state index in [1.165, 1.54) is 33.1 Å². The fourth-order valence-corrected chi connectivity index (χ4v) is 6.23. The number of benzene rings is 3. The van der Waals surface area contributed by atoms with Crippen LogP contribution in [0.4, 0.5) is 0 Å². The van der Waals surface area contributed by atoms with Crippen molar-refractivity contribution in [3.8, 4) is 28.4 Å². The number of esters is 1. The Hall–Kier alpha value is -4.54. The minimum atomic E-state index is -1.69. The number of phenolic OH excluding ortho intramolecular Hbond substituents is 2. The highest BCUT2D eigenvalue weighted by Gasteiger charge is 2.39. The third-order valence-electron chi connectivity index (χ3n) is 7.87. The summed E-state index contributed by atoms with van der Waals surface area (Å²) >= 11 is 0. The van der Waals surface area contributed by atoms with E-state index in [0.29, 0.717) is 10.9 Å². The van der Waals surface area contributed by atoms with Crippen LogP contribution < -0.4 is 4.74 Å². The van der Waals surface area contributed by atoms with Crippen LogP contribution in [0.15, 0.2) is 36.1 Å². The van der Waals surface area contributed by atoms with Crippen LogP contribution >= 0.6 is 0 Å². The van der Waals surface area contributed by atoms with Crippen LogP contribution in [-0.2, 0) is 22.4 Å². The van der Waals surface area contributed by atoms with Crippen LogP contribution in [0.25, 0.3) is 21.9 Å². The summed E-state index contributed by atoms with van der Waals surface area (Å²) in [4.78, 5) is 52.2. The monoisotopic (exact) mass is 558 g/mol. The standard InChI is InChI=1S/C31H26O10/c1-30(38)9-14-6-13-4-5-16-22-15(7-17-25(27(22)36)18(32)8-20(40-3)26(17)35)10-31(2,39)12-21(34)41-29(16)24(13)28(37)23(14)19(33)11-30/h4-8,36-39H,9-12H2,1-3H3/t30-,31+/m0/s1. The van der Waals surface area contributed by atoms with Gasteiger partial charge < -0.3 is 29.9 Å². The SMILES string of the molecule is COC1=CC(=O)c2c(cc3c(c2O)-c2ccc4cc5c(c(O)c4c2OC(=O)C[C@](C)(O)C3)C(=O)C[C@@](C)(O)C5)C1=O. The highest BCUT2D eigenvalue weighted by atomic mass is 16.5. The van der Waals surface area contributed by atoms with E-state index in [0.717, 1.165) is 6.08 Å². The number of carbonyl (C=O) groups excluding carboxylic acids is 4. The Balaban J connectivity index is 1.70. The van der Waals surface area contributed by atoms with E-state index in [4.69, 9.17) is 9.47 Å². The van der Waals surface area contributed by atoms with Gasteiger partial charge in [-0.15, -0.1) is 0 Å². The summed E-state index contributed by atoms with van der Waals surface area (Å²) in [6.07, 6.45) is 0.179. The third-order valence-corrected chi connectivity index (χ3v) is 7.87. The van der Waals surface area contributed by atoms with Gasteiger partial charge in [-0.25, -0.2) is 0 Å². The van der Waals surface area contributed by atoms with E-state index in [2.05, 4.69) is 0 Å². The molecule has 0 amide bonds. The van der Waals surface area contributed by atoms with Gasteiger partial charge in [-0.05, 0) is 48.6 Å². The van der Waals surface area contributed by atoms with Crippen LogP contribution in [0, 0.1) is 0 Å². The molecule has 2 atom stereocenters. The molecular formula is C31H26O10. The molecule has 0 fully saturated rings. The number of fused-ring (bicyclic) bond motifs is 7. The highest BCUT2D eigenvalue weighted by Crippen LogP contribution is 2.51. The number of ether oxygens (including phenoxy) is 2. The molecule has 0 aromatic heterocycles. The molecule has 4 N–H and O–H groups in total. The Labute approximate surface area is 233 Å². The first kappa shape index (κ1) is 26.7. The van der Waals surface area contributed by atoms with Gasteiger partial charge in [0.05, 0.1) is 41.2 Å². The van der Waals surface area contributed by atoms with E-state index in [1.807, 2.05) is 0 Å². The second kappa shape index (κ2) is 8.73. The average molecular weight is 559 g/mol. The summed E-state index contributed by atoms with van der Waals surface area (Å²) in [6.45, 7) is 2.93. The first-order chi connectivity index (χ1) is 19.2. The van der Waals surface area contributed by atoms with E-state index >= 15 is 0 Å². The maximum absolute atomic E-state index is 13.1. The zero-order valence-electron chi connectivity index (χ0n) is 22.5. The predicted octanol–water partition coefficient (Wildman–Crippen LogP) is 3.31. The number of allylic oxidation sites excluding steroid dienone is 2. The average Bonchev–Trinajstić information content (AvgIpc) is 2.88. The number of methoxy groups -OCH3 is 1. The zero-order valence-corrected chi connectivity index (χ0v) is 22.5. The lowest BCUT2D eigenvalue weighted by atomic mass is 9.78. The lowest BCUT2D eigenvalue weighted by Gasteiger charge is -2.30. The van der Waals surface area contributed by atoms with Gasteiger partial charge in [-0.1, -0.05) is 6.07 Å². The topological polar surface area (TPSA) is 168 Å². The van der Waals surface area contributed by atoms with Crippen molar-refractivity contribution >= 4 is 34.1 Å². The normalized spacial score (nSPS) is 23.8. The summed E-state index contributed by atoms with van der Waals surface area (Å²) < 4.78 is 10.8. The first-order valence-corrected chi connectivity index (χ1v) is 13.0. The van der Waals surface area contributed by atoms with Gasteiger partial charge in [-0.2, -0.15) is 0 Å². The molecule has 0 radical (unpaired) electrons. The molecule has 3 aromatic carbocycles. The Morgan fingerprint density at radius 2 is 1.46 bits per heavy atom. The number of hydrogen-bond donors (Lipinski definition) is 4. The molecule has 3 aliphatic rings. The molecule has 10 heteroatoms. The number of hydrogen-bond acceptors (Lipinski definition) is 10. The predicted molar refractivity (Wildman–Crippen MR) is 144 cm³/mol. The molecule has 2 aliphatic carbocycles. The molecule has 0 bridgehead atoms. The highest BCUT2D eigenvalue weighted by molar-refractivity contribution is 6.26. The number of phenols is 2. The molecular weight excluding hydrogens is 532 g/mol. The van der Waals surface area contributed by atoms with Crippen LogP contribution in [0.2, 0.25) is 0 Å². The van der Waals surface area contributed by atoms with Crippen LogP contribution in [-0.4, -0.2) is 62.1 Å². The minimum Gasteiger partial charge on any atom is -0.506 e. The Morgan fingerprint density at radius 3 is 2.15 bits per heavy atom. The number of ketones is 3. The van der Waals surface area contributed by atoms with Crippen LogP contribution in [0.3, 0.4) is 0 Å². The zero-order chi connectivity index (χ0) is 29.6. The molecule has 41 heavy (non-hydrogen) atoms. The second-order valence-corrected chi connectivity index (χ2v) is 11.5. The molecule has 0 saturated carbocycles.